The minimum atomic E-state index is -3.17. The molecule has 1 aliphatic carbocycles. The Labute approximate surface area is 102 Å². The minimum absolute atomic E-state index is 0.102. The van der Waals surface area contributed by atoms with Crippen molar-refractivity contribution in [1.82, 2.24) is 9.62 Å². The topological polar surface area (TPSA) is 66.5 Å². The molecule has 2 unspecified atom stereocenters. The van der Waals surface area contributed by atoms with Crippen molar-refractivity contribution in [2.75, 3.05) is 6.54 Å². The third kappa shape index (κ3) is 2.08. The fraction of sp³-hybridized carbons (Fsp3) is 0.909. The predicted octanol–water partition coefficient (Wildman–Crippen LogP) is 0.222. The summed E-state index contributed by atoms with van der Waals surface area (Å²) in [6, 6.07) is -0.0850. The summed E-state index contributed by atoms with van der Waals surface area (Å²) < 4.78 is 26.5. The van der Waals surface area contributed by atoms with Crippen LogP contribution in [0.3, 0.4) is 0 Å². The van der Waals surface area contributed by atoms with Gasteiger partial charge in [0.05, 0.1) is 11.3 Å². The van der Waals surface area contributed by atoms with E-state index < -0.39 is 10.0 Å². The standard InChI is InChI=1S/C11H18N2O3S/c14-11-7-9(10-3-1-2-6-13(10)11)12-17(15,16)8-4-5-8/h8-10,12H,1-7H2. The molecule has 3 fully saturated rings. The first-order valence-corrected chi connectivity index (χ1v) is 7.93. The molecule has 17 heavy (non-hydrogen) atoms. The third-order valence-corrected chi connectivity index (χ3v) is 5.99. The van der Waals surface area contributed by atoms with Gasteiger partial charge in [-0.15, -0.1) is 0 Å². The zero-order chi connectivity index (χ0) is 12.0. The van der Waals surface area contributed by atoms with Crippen molar-refractivity contribution < 1.29 is 13.2 Å². The molecule has 6 heteroatoms. The second kappa shape index (κ2) is 3.95. The van der Waals surface area contributed by atoms with Gasteiger partial charge >= 0.3 is 0 Å². The number of hydrogen-bond acceptors (Lipinski definition) is 3. The summed E-state index contributed by atoms with van der Waals surface area (Å²) in [5.74, 6) is 0.109. The lowest BCUT2D eigenvalue weighted by Gasteiger charge is -2.32. The zero-order valence-corrected chi connectivity index (χ0v) is 10.6. The van der Waals surface area contributed by atoms with Crippen LogP contribution < -0.4 is 4.72 Å². The molecular formula is C11H18N2O3S. The molecule has 0 spiro atoms. The first-order valence-electron chi connectivity index (χ1n) is 6.38. The molecule has 1 saturated carbocycles. The lowest BCUT2D eigenvalue weighted by molar-refractivity contribution is -0.129. The molecule has 5 nitrogen and oxygen atoms in total. The molecule has 0 radical (unpaired) electrons. The molecule has 3 rings (SSSR count). The Morgan fingerprint density at radius 3 is 2.65 bits per heavy atom. The smallest absolute Gasteiger partial charge is 0.224 e. The number of rotatable bonds is 3. The first kappa shape index (κ1) is 11.5. The molecule has 2 heterocycles. The number of piperidine rings is 1. The van der Waals surface area contributed by atoms with Gasteiger partial charge in [-0.05, 0) is 32.1 Å². The molecular weight excluding hydrogens is 240 g/mol. The van der Waals surface area contributed by atoms with E-state index in [4.69, 9.17) is 0 Å². The van der Waals surface area contributed by atoms with E-state index in [9.17, 15) is 13.2 Å². The quantitative estimate of drug-likeness (QED) is 0.787. The monoisotopic (exact) mass is 258 g/mol. The summed E-state index contributed by atoms with van der Waals surface area (Å²) in [6.45, 7) is 0.797. The van der Waals surface area contributed by atoms with Crippen LogP contribution in [-0.2, 0) is 14.8 Å². The molecule has 2 atom stereocenters. The summed E-state index contributed by atoms with van der Waals surface area (Å²) in [7, 11) is -3.17. The molecule has 1 amide bonds. The number of nitrogens with zero attached hydrogens (tertiary/aromatic N) is 1. The maximum Gasteiger partial charge on any atom is 0.224 e. The average molecular weight is 258 g/mol. The molecule has 2 saturated heterocycles. The summed E-state index contributed by atoms with van der Waals surface area (Å²) in [5, 5.41) is -0.199. The van der Waals surface area contributed by atoms with Crippen molar-refractivity contribution >= 4 is 15.9 Å². The largest absolute Gasteiger partial charge is 0.338 e. The molecule has 0 aromatic rings. The average Bonchev–Trinajstić information content (AvgIpc) is 3.08. The Kier molecular flexibility index (Phi) is 2.66. The number of nitrogens with one attached hydrogen (secondary N) is 1. The van der Waals surface area contributed by atoms with E-state index in [2.05, 4.69) is 4.72 Å². The fourth-order valence-electron chi connectivity index (χ4n) is 2.93. The molecule has 3 aliphatic rings. The van der Waals surface area contributed by atoms with Gasteiger partial charge in [-0.3, -0.25) is 4.79 Å². The van der Waals surface area contributed by atoms with E-state index in [1.54, 1.807) is 0 Å². The SMILES string of the molecule is O=C1CC(NS(=O)(=O)C2CC2)C2CCCCN12. The number of carbonyl (C=O) groups excluding carboxylic acids is 1. The van der Waals surface area contributed by atoms with Crippen LogP contribution in [0.25, 0.3) is 0 Å². The zero-order valence-electron chi connectivity index (χ0n) is 9.76. The normalized spacial score (nSPS) is 33.9. The maximum absolute atomic E-state index is 11.9. The Bertz CT molecular complexity index is 430. The van der Waals surface area contributed by atoms with Crippen LogP contribution >= 0.6 is 0 Å². The molecule has 0 aromatic heterocycles. The first-order chi connectivity index (χ1) is 8.08. The van der Waals surface area contributed by atoms with Crippen LogP contribution in [0, 0.1) is 0 Å². The van der Waals surface area contributed by atoms with Crippen LogP contribution in [-0.4, -0.2) is 43.1 Å². The van der Waals surface area contributed by atoms with Gasteiger partial charge in [0.2, 0.25) is 15.9 Å². The van der Waals surface area contributed by atoms with Crippen LogP contribution in [0.4, 0.5) is 0 Å². The van der Waals surface area contributed by atoms with E-state index in [1.807, 2.05) is 4.90 Å². The highest BCUT2D eigenvalue weighted by atomic mass is 32.2. The Hall–Kier alpha value is -0.620. The highest BCUT2D eigenvalue weighted by Crippen LogP contribution is 2.32. The number of carbonyl (C=O) groups is 1. The Morgan fingerprint density at radius 1 is 1.18 bits per heavy atom. The third-order valence-electron chi connectivity index (χ3n) is 4.01. The number of hydrogen-bond donors (Lipinski definition) is 1. The van der Waals surface area contributed by atoms with Gasteiger partial charge in [0.15, 0.2) is 0 Å². The molecule has 0 bridgehead atoms. The highest BCUT2D eigenvalue weighted by molar-refractivity contribution is 7.90. The van der Waals surface area contributed by atoms with Crippen molar-refractivity contribution in [2.24, 2.45) is 0 Å². The van der Waals surface area contributed by atoms with Gasteiger partial charge in [-0.1, -0.05) is 0 Å². The Balaban J connectivity index is 1.73. The van der Waals surface area contributed by atoms with Gasteiger partial charge < -0.3 is 4.90 Å². The van der Waals surface area contributed by atoms with Crippen molar-refractivity contribution in [2.45, 2.75) is 55.9 Å². The minimum Gasteiger partial charge on any atom is -0.338 e. The van der Waals surface area contributed by atoms with E-state index in [0.29, 0.717) is 6.42 Å². The van der Waals surface area contributed by atoms with Gasteiger partial charge in [0, 0.05) is 19.0 Å². The van der Waals surface area contributed by atoms with Gasteiger partial charge in [0.25, 0.3) is 0 Å². The van der Waals surface area contributed by atoms with Crippen LogP contribution in [0.1, 0.15) is 38.5 Å². The van der Waals surface area contributed by atoms with Crippen molar-refractivity contribution in [1.29, 1.82) is 0 Å². The van der Waals surface area contributed by atoms with Crippen molar-refractivity contribution in [3.8, 4) is 0 Å². The molecule has 96 valence electrons. The number of fused-ring (bicyclic) bond motifs is 1. The van der Waals surface area contributed by atoms with Crippen LogP contribution in [0.5, 0.6) is 0 Å². The summed E-state index contributed by atoms with van der Waals surface area (Å²) in [4.78, 5) is 13.6. The van der Waals surface area contributed by atoms with Crippen molar-refractivity contribution in [3.63, 3.8) is 0 Å². The van der Waals surface area contributed by atoms with Crippen LogP contribution in [0.2, 0.25) is 0 Å². The predicted molar refractivity (Wildman–Crippen MR) is 62.8 cm³/mol. The lowest BCUT2D eigenvalue weighted by atomic mass is 10.00. The van der Waals surface area contributed by atoms with E-state index in [0.717, 1.165) is 38.6 Å². The number of amides is 1. The number of sulfonamides is 1. The molecule has 0 aromatic carbocycles. The summed E-state index contributed by atoms with van der Waals surface area (Å²) >= 11 is 0. The maximum atomic E-state index is 11.9. The summed E-state index contributed by atoms with van der Waals surface area (Å²) in [6.07, 6.45) is 4.95. The Morgan fingerprint density at radius 2 is 1.94 bits per heavy atom. The van der Waals surface area contributed by atoms with Gasteiger partial charge in [-0.2, -0.15) is 0 Å². The van der Waals surface area contributed by atoms with Crippen LogP contribution in [0.15, 0.2) is 0 Å². The molecule has 1 N–H and O–H groups in total. The van der Waals surface area contributed by atoms with E-state index >= 15 is 0 Å². The second-order valence-electron chi connectivity index (χ2n) is 5.32. The van der Waals surface area contributed by atoms with E-state index in [1.165, 1.54) is 0 Å². The fourth-order valence-corrected chi connectivity index (χ4v) is 4.54. The van der Waals surface area contributed by atoms with Crippen molar-refractivity contribution in [3.05, 3.63) is 0 Å². The second-order valence-corrected chi connectivity index (χ2v) is 7.32. The van der Waals surface area contributed by atoms with Gasteiger partial charge in [-0.25, -0.2) is 13.1 Å². The van der Waals surface area contributed by atoms with E-state index in [-0.39, 0.29) is 23.2 Å². The van der Waals surface area contributed by atoms with Gasteiger partial charge in [0.1, 0.15) is 0 Å². The molecule has 2 aliphatic heterocycles. The lowest BCUT2D eigenvalue weighted by Crippen LogP contribution is -2.47. The summed E-state index contributed by atoms with van der Waals surface area (Å²) in [5.41, 5.74) is 0. The highest BCUT2D eigenvalue weighted by Gasteiger charge is 2.45.